The fourth-order valence-electron chi connectivity index (χ4n) is 3.08. The molecule has 0 aliphatic carbocycles. The topological polar surface area (TPSA) is 71.8 Å². The van der Waals surface area contributed by atoms with Gasteiger partial charge in [0.2, 0.25) is 0 Å². The third-order valence-electron chi connectivity index (χ3n) is 4.59. The number of nitrogens with zero attached hydrogens (tertiary/aromatic N) is 3. The minimum absolute atomic E-state index is 0.235. The molecule has 1 aliphatic heterocycles. The van der Waals surface area contributed by atoms with Crippen molar-refractivity contribution in [3.05, 3.63) is 46.8 Å². The lowest BCUT2D eigenvalue weighted by atomic mass is 10.1. The van der Waals surface area contributed by atoms with Crippen LogP contribution in [-0.4, -0.2) is 34.0 Å². The maximum absolute atomic E-state index is 13.4. The van der Waals surface area contributed by atoms with Crippen LogP contribution in [0.3, 0.4) is 0 Å². The summed E-state index contributed by atoms with van der Waals surface area (Å²) in [6, 6.07) is 3.33. The van der Waals surface area contributed by atoms with Crippen molar-refractivity contribution in [3.8, 4) is 0 Å². The van der Waals surface area contributed by atoms with Crippen LogP contribution >= 0.6 is 0 Å². The highest BCUT2D eigenvalue weighted by Crippen LogP contribution is 2.21. The van der Waals surface area contributed by atoms with E-state index in [-0.39, 0.29) is 17.6 Å². The fraction of sp³-hybridized carbons (Fsp3) is 0.471. The summed E-state index contributed by atoms with van der Waals surface area (Å²) in [5.74, 6) is -2.23. The van der Waals surface area contributed by atoms with Gasteiger partial charge in [-0.15, -0.1) is 5.10 Å². The second-order valence-electron chi connectivity index (χ2n) is 6.32. The lowest BCUT2D eigenvalue weighted by Gasteiger charge is -2.23. The Hall–Kier alpha value is -2.35. The molecule has 3 rings (SSSR count). The number of carbonyl (C=O) groups excluding carboxylic acids is 1. The van der Waals surface area contributed by atoms with Gasteiger partial charge in [0.1, 0.15) is 0 Å². The Morgan fingerprint density at radius 2 is 2.04 bits per heavy atom. The average molecular weight is 349 g/mol. The first-order chi connectivity index (χ1) is 12.0. The highest BCUT2D eigenvalue weighted by atomic mass is 19.2. The summed E-state index contributed by atoms with van der Waals surface area (Å²) in [5.41, 5.74) is 1.45. The first-order valence-electron chi connectivity index (χ1n) is 8.35. The van der Waals surface area contributed by atoms with Crippen LogP contribution in [-0.2, 0) is 0 Å². The van der Waals surface area contributed by atoms with Crippen LogP contribution in [0.1, 0.15) is 53.6 Å². The zero-order valence-corrected chi connectivity index (χ0v) is 14.2. The highest BCUT2D eigenvalue weighted by molar-refractivity contribution is 5.93. The van der Waals surface area contributed by atoms with Crippen LogP contribution in [0.2, 0.25) is 0 Å². The normalized spacial score (nSPS) is 16.6. The maximum Gasteiger partial charge on any atom is 0.274 e. The van der Waals surface area contributed by atoms with Gasteiger partial charge in [-0.25, -0.2) is 13.5 Å². The first kappa shape index (κ1) is 17.5. The summed E-state index contributed by atoms with van der Waals surface area (Å²) in [4.78, 5) is 12.5. The van der Waals surface area contributed by atoms with E-state index in [0.717, 1.165) is 38.1 Å². The van der Waals surface area contributed by atoms with Gasteiger partial charge < -0.3 is 10.6 Å². The zero-order valence-electron chi connectivity index (χ0n) is 14.2. The molecule has 1 amide bonds. The van der Waals surface area contributed by atoms with Crippen LogP contribution in [0.5, 0.6) is 0 Å². The van der Waals surface area contributed by atoms with Gasteiger partial charge in [-0.05, 0) is 57.5 Å². The van der Waals surface area contributed by atoms with Crippen LogP contribution in [0.4, 0.5) is 8.78 Å². The molecule has 1 fully saturated rings. The second-order valence-corrected chi connectivity index (χ2v) is 6.32. The molecule has 0 radical (unpaired) electrons. The van der Waals surface area contributed by atoms with Crippen molar-refractivity contribution < 1.29 is 13.6 Å². The van der Waals surface area contributed by atoms with Crippen molar-refractivity contribution in [1.82, 2.24) is 25.6 Å². The molecule has 6 nitrogen and oxygen atoms in total. The largest absolute Gasteiger partial charge is 0.344 e. The molecule has 25 heavy (non-hydrogen) atoms. The monoisotopic (exact) mass is 349 g/mol. The summed E-state index contributed by atoms with van der Waals surface area (Å²) >= 11 is 0. The Bertz CT molecular complexity index is 770. The average Bonchev–Trinajstić information content (AvgIpc) is 2.99. The number of nitrogens with one attached hydrogen (secondary N) is 2. The zero-order chi connectivity index (χ0) is 18.0. The van der Waals surface area contributed by atoms with Gasteiger partial charge in [-0.1, -0.05) is 11.3 Å². The summed E-state index contributed by atoms with van der Waals surface area (Å²) in [6.07, 6.45) is 1.88. The molecule has 0 saturated carbocycles. The van der Waals surface area contributed by atoms with Crippen molar-refractivity contribution in [2.75, 3.05) is 13.1 Å². The number of hydrogen-bond acceptors (Lipinski definition) is 4. The van der Waals surface area contributed by atoms with E-state index in [1.807, 2.05) is 6.92 Å². The van der Waals surface area contributed by atoms with Gasteiger partial charge in [-0.2, -0.15) is 0 Å². The van der Waals surface area contributed by atoms with Gasteiger partial charge in [-0.3, -0.25) is 4.79 Å². The predicted octanol–water partition coefficient (Wildman–Crippen LogP) is 2.28. The Morgan fingerprint density at radius 1 is 1.32 bits per heavy atom. The molecule has 2 aromatic rings. The molecule has 0 bridgehead atoms. The molecule has 1 unspecified atom stereocenters. The smallest absolute Gasteiger partial charge is 0.274 e. The molecule has 1 atom stereocenters. The van der Waals surface area contributed by atoms with E-state index in [9.17, 15) is 13.6 Å². The Morgan fingerprint density at radius 3 is 2.72 bits per heavy atom. The molecular weight excluding hydrogens is 328 g/mol. The molecular formula is C17H21F2N5O. The lowest BCUT2D eigenvalue weighted by molar-refractivity contribution is 0.0934. The Kier molecular flexibility index (Phi) is 5.08. The summed E-state index contributed by atoms with van der Waals surface area (Å²) in [6.45, 7) is 5.35. The van der Waals surface area contributed by atoms with Gasteiger partial charge in [0.15, 0.2) is 17.3 Å². The van der Waals surface area contributed by atoms with Crippen LogP contribution in [0, 0.1) is 18.6 Å². The minimum atomic E-state index is -0.938. The number of rotatable bonds is 4. The number of aromatic nitrogens is 3. The Labute approximate surface area is 144 Å². The van der Waals surface area contributed by atoms with E-state index in [1.165, 1.54) is 6.07 Å². The van der Waals surface area contributed by atoms with Gasteiger partial charge in [0.25, 0.3) is 5.91 Å². The van der Waals surface area contributed by atoms with Crippen molar-refractivity contribution in [1.29, 1.82) is 0 Å². The van der Waals surface area contributed by atoms with Gasteiger partial charge in [0.05, 0.1) is 17.8 Å². The number of benzene rings is 1. The number of halogens is 2. The molecule has 1 saturated heterocycles. The summed E-state index contributed by atoms with van der Waals surface area (Å²) in [5, 5.41) is 14.2. The van der Waals surface area contributed by atoms with Crippen molar-refractivity contribution in [3.63, 3.8) is 0 Å². The van der Waals surface area contributed by atoms with Gasteiger partial charge >= 0.3 is 0 Å². The number of amides is 1. The van der Waals surface area contributed by atoms with E-state index >= 15 is 0 Å². The fourth-order valence-corrected chi connectivity index (χ4v) is 3.08. The van der Waals surface area contributed by atoms with Crippen molar-refractivity contribution in [2.45, 2.75) is 38.8 Å². The van der Waals surface area contributed by atoms with E-state index in [1.54, 1.807) is 11.6 Å². The number of hydrogen-bond donors (Lipinski definition) is 2. The third-order valence-corrected chi connectivity index (χ3v) is 4.59. The molecule has 134 valence electrons. The molecule has 0 spiro atoms. The van der Waals surface area contributed by atoms with Gasteiger partial charge in [0, 0.05) is 0 Å². The molecule has 2 heterocycles. The van der Waals surface area contributed by atoms with E-state index in [4.69, 9.17) is 0 Å². The maximum atomic E-state index is 13.4. The molecule has 8 heteroatoms. The Balaban J connectivity index is 1.72. The lowest BCUT2D eigenvalue weighted by Crippen LogP contribution is -2.31. The van der Waals surface area contributed by atoms with Crippen LogP contribution in [0.25, 0.3) is 0 Å². The predicted molar refractivity (Wildman–Crippen MR) is 88.1 cm³/mol. The van der Waals surface area contributed by atoms with E-state index < -0.39 is 17.7 Å². The van der Waals surface area contributed by atoms with Crippen LogP contribution < -0.4 is 10.6 Å². The summed E-state index contributed by atoms with van der Waals surface area (Å²) < 4.78 is 28.2. The van der Waals surface area contributed by atoms with E-state index in [2.05, 4.69) is 20.9 Å². The SMILES string of the molecule is Cc1c(C(=O)NC(C)c2ccc(F)c(F)c2)nnn1C1CCNCC1. The summed E-state index contributed by atoms with van der Waals surface area (Å²) in [7, 11) is 0. The molecule has 1 aromatic carbocycles. The molecule has 2 N–H and O–H groups in total. The quantitative estimate of drug-likeness (QED) is 0.888. The van der Waals surface area contributed by atoms with Crippen molar-refractivity contribution >= 4 is 5.91 Å². The first-order valence-corrected chi connectivity index (χ1v) is 8.35. The molecule has 1 aliphatic rings. The van der Waals surface area contributed by atoms with Crippen LogP contribution in [0.15, 0.2) is 18.2 Å². The second kappa shape index (κ2) is 7.26. The number of carbonyl (C=O) groups is 1. The third kappa shape index (κ3) is 3.68. The molecule has 1 aromatic heterocycles. The standard InChI is InChI=1S/C17H21F2N5O/c1-10(12-3-4-14(18)15(19)9-12)21-17(25)16-11(2)24(23-22-16)13-5-7-20-8-6-13/h3-4,9-10,13,20H,5-8H2,1-2H3,(H,21,25). The minimum Gasteiger partial charge on any atom is -0.344 e. The van der Waals surface area contributed by atoms with Crippen molar-refractivity contribution in [2.24, 2.45) is 0 Å². The number of piperidine rings is 1. The highest BCUT2D eigenvalue weighted by Gasteiger charge is 2.24. The van der Waals surface area contributed by atoms with E-state index in [0.29, 0.717) is 11.3 Å².